The second-order valence-electron chi connectivity index (χ2n) is 18.4. The van der Waals surface area contributed by atoms with Gasteiger partial charge in [-0.05, 0) is 120 Å². The van der Waals surface area contributed by atoms with Crippen molar-refractivity contribution in [3.8, 4) is 112 Å². The molecule has 0 aliphatic heterocycles. The van der Waals surface area contributed by atoms with Crippen molar-refractivity contribution in [2.45, 2.75) is 27.7 Å². The molecule has 0 spiro atoms. The molecule has 360 valence electrons. The number of aromatic nitrogens is 7. The fraction of sp³-hybridized carbons (Fsp3) is 0.0597. The summed E-state index contributed by atoms with van der Waals surface area (Å²) < 4.78 is 4.47. The molecule has 0 saturated heterocycles. The first-order valence-electron chi connectivity index (χ1n) is 24.7. The van der Waals surface area contributed by atoms with Crippen LogP contribution in [0.25, 0.3) is 112 Å². The van der Waals surface area contributed by atoms with Gasteiger partial charge in [-0.15, -0.1) is 83.4 Å². The average Bonchev–Trinajstić information content (AvgIpc) is 3.95. The van der Waals surface area contributed by atoms with Crippen LogP contribution in [0, 0.1) is 45.9 Å². The third-order valence-corrected chi connectivity index (χ3v) is 13.9. The quantitative estimate of drug-likeness (QED) is 0.121. The number of hydrogen-bond acceptors (Lipinski definition) is 5. The van der Waals surface area contributed by atoms with Gasteiger partial charge in [0, 0.05) is 41.1 Å². The maximum absolute atomic E-state index is 5.34. The summed E-state index contributed by atoms with van der Waals surface area (Å²) in [5.41, 5.74) is 21.8. The Morgan fingerprint density at radius 1 is 0.333 bits per heavy atom. The normalized spacial score (nSPS) is 11.1. The smallest absolute Gasteiger partial charge is 0.338 e. The van der Waals surface area contributed by atoms with Gasteiger partial charge in [-0.2, -0.15) is 0 Å². The Bertz CT molecular complexity index is 3790. The molecule has 0 bridgehead atoms. The number of benzene rings is 7. The topological polar surface area (TPSA) is 74.3 Å². The van der Waals surface area contributed by atoms with Gasteiger partial charge in [-0.3, -0.25) is 0 Å². The van der Waals surface area contributed by atoms with Gasteiger partial charge in [0.1, 0.15) is 11.6 Å². The molecule has 8 heteroatoms. The van der Waals surface area contributed by atoms with Crippen LogP contribution in [-0.2, 0) is 20.1 Å². The molecule has 0 amide bonds. The Kier molecular flexibility index (Phi) is 13.5. The van der Waals surface area contributed by atoms with Crippen LogP contribution in [0.15, 0.2) is 219 Å². The van der Waals surface area contributed by atoms with E-state index in [1.54, 1.807) is 0 Å². The molecular formula is C67H48IrN7. The Hall–Kier alpha value is -8.94. The number of imidazole rings is 2. The van der Waals surface area contributed by atoms with Gasteiger partial charge in [0.2, 0.25) is 0 Å². The van der Waals surface area contributed by atoms with Crippen LogP contribution < -0.4 is 0 Å². The number of hydrogen-bond donors (Lipinski definition) is 0. The third-order valence-electron chi connectivity index (χ3n) is 13.9. The van der Waals surface area contributed by atoms with Crippen LogP contribution in [0.4, 0.5) is 0 Å². The predicted octanol–water partition coefficient (Wildman–Crippen LogP) is 15.9. The molecule has 12 rings (SSSR count). The first-order chi connectivity index (χ1) is 36.3. The zero-order valence-corrected chi connectivity index (χ0v) is 44.1. The molecule has 0 radical (unpaired) electrons. The van der Waals surface area contributed by atoms with Crippen molar-refractivity contribution in [3.05, 3.63) is 260 Å². The fourth-order valence-electron chi connectivity index (χ4n) is 9.82. The third kappa shape index (κ3) is 9.50. The van der Waals surface area contributed by atoms with Crippen molar-refractivity contribution in [1.82, 2.24) is 34.1 Å². The van der Waals surface area contributed by atoms with Crippen molar-refractivity contribution in [3.63, 3.8) is 0 Å². The van der Waals surface area contributed by atoms with E-state index in [9.17, 15) is 0 Å². The molecule has 0 aliphatic carbocycles. The molecule has 0 aliphatic rings. The van der Waals surface area contributed by atoms with Crippen molar-refractivity contribution in [2.75, 3.05) is 0 Å². The van der Waals surface area contributed by atoms with E-state index in [2.05, 4.69) is 198 Å². The second kappa shape index (κ2) is 20.9. The Morgan fingerprint density at radius 3 is 1.27 bits per heavy atom. The predicted molar refractivity (Wildman–Crippen MR) is 298 cm³/mol. The first-order valence-corrected chi connectivity index (χ1v) is 24.7. The summed E-state index contributed by atoms with van der Waals surface area (Å²) in [5.74, 6) is 1.62. The van der Waals surface area contributed by atoms with Crippen LogP contribution in [0.3, 0.4) is 0 Å². The maximum Gasteiger partial charge on any atom is 3.00 e. The van der Waals surface area contributed by atoms with E-state index < -0.39 is 0 Å². The molecule has 7 aromatic carbocycles. The van der Waals surface area contributed by atoms with E-state index in [1.165, 1.54) is 5.56 Å². The Morgan fingerprint density at radius 2 is 0.773 bits per heavy atom. The van der Waals surface area contributed by atoms with Crippen LogP contribution in [0.2, 0.25) is 0 Å². The summed E-state index contributed by atoms with van der Waals surface area (Å²) in [7, 11) is 0. The Labute approximate surface area is 451 Å². The van der Waals surface area contributed by atoms with E-state index in [0.717, 1.165) is 130 Å². The minimum atomic E-state index is 0. The van der Waals surface area contributed by atoms with E-state index >= 15 is 0 Å². The fourth-order valence-corrected chi connectivity index (χ4v) is 9.82. The molecule has 0 N–H and O–H groups in total. The monoisotopic (exact) mass is 1140 g/mol. The molecule has 7 nitrogen and oxygen atoms in total. The van der Waals surface area contributed by atoms with Gasteiger partial charge in [0.25, 0.3) is 0 Å². The van der Waals surface area contributed by atoms with Crippen molar-refractivity contribution in [1.29, 1.82) is 0 Å². The van der Waals surface area contributed by atoms with Gasteiger partial charge in [-0.1, -0.05) is 132 Å². The first kappa shape index (κ1) is 48.3. The number of rotatable bonds is 11. The molecule has 0 fully saturated rings. The van der Waals surface area contributed by atoms with Crippen molar-refractivity contribution in [2.24, 2.45) is 0 Å². The summed E-state index contributed by atoms with van der Waals surface area (Å²) in [5, 5.41) is 0. The standard InChI is InChI=1S/C67H48N7.Ir/c1-44-46(3)73(57-32-27-51(28-33-57)63-20-10-13-37-68-63)66(71-44)55-40-54(41-56(42-55)67-72-45(2)47(4)74(67)58-34-29-52(30-35-58)64-21-11-14-38-69-64)59-18-8-9-19-60(59)61-36-31-53(65-22-12-15-39-70-65)43-62(61)50-25-23-49(24-26-50)48-16-6-5-7-17-48;/h5-27,29,32-43H,1-4H3;/q-3;+3. The summed E-state index contributed by atoms with van der Waals surface area (Å²) in [6, 6.07) is 80.2. The molecular weight excluding hydrogens is 1100 g/mol. The van der Waals surface area contributed by atoms with Gasteiger partial charge in [-0.25, -0.2) is 9.97 Å². The maximum atomic E-state index is 5.34. The summed E-state index contributed by atoms with van der Waals surface area (Å²) in [4.78, 5) is 24.6. The molecule has 0 atom stereocenters. The molecule has 5 heterocycles. The van der Waals surface area contributed by atoms with Crippen LogP contribution in [-0.4, -0.2) is 34.1 Å². The molecule has 5 aromatic heterocycles. The molecule has 12 aromatic rings. The van der Waals surface area contributed by atoms with Gasteiger partial charge in [0.05, 0.1) is 11.4 Å². The largest absolute Gasteiger partial charge is 3.00 e. The average molecular weight is 1140 g/mol. The number of aryl methyl sites for hydroxylation is 2. The number of pyridine rings is 3. The van der Waals surface area contributed by atoms with Crippen molar-refractivity contribution >= 4 is 0 Å². The molecule has 75 heavy (non-hydrogen) atoms. The van der Waals surface area contributed by atoms with E-state index in [1.807, 2.05) is 85.3 Å². The number of nitrogens with zero attached hydrogens (tertiary/aromatic N) is 7. The van der Waals surface area contributed by atoms with Crippen molar-refractivity contribution < 1.29 is 20.1 Å². The van der Waals surface area contributed by atoms with E-state index in [0.29, 0.717) is 0 Å². The minimum absolute atomic E-state index is 0. The van der Waals surface area contributed by atoms with E-state index in [4.69, 9.17) is 15.0 Å². The zero-order valence-electron chi connectivity index (χ0n) is 41.7. The SMILES string of the molecule is Cc1nc(-c2cc(-c3ccccc3-c3c[c-]c(-c4ccccn4)cc3-c3ccc(-c4ccccc4)cc3)cc(-c3nc(C)c(C)n3-c3c[c-]c(-c4ccccn4)cc3)c2)n(-c2c[c-]c(-c3ccccn3)cc2)c1C.[Ir+3]. The van der Waals surface area contributed by atoms with Gasteiger partial charge in [0.15, 0.2) is 0 Å². The summed E-state index contributed by atoms with van der Waals surface area (Å²) in [6.45, 7) is 8.40. The molecule has 0 unspecified atom stereocenters. The van der Waals surface area contributed by atoms with Crippen LogP contribution >= 0.6 is 0 Å². The second-order valence-corrected chi connectivity index (χ2v) is 18.4. The molecule has 0 saturated carbocycles. The minimum Gasteiger partial charge on any atom is -0.338 e. The van der Waals surface area contributed by atoms with Gasteiger partial charge >= 0.3 is 20.1 Å². The van der Waals surface area contributed by atoms with Crippen LogP contribution in [0.1, 0.15) is 22.8 Å². The Balaban J connectivity index is 0.00000602. The summed E-state index contributed by atoms with van der Waals surface area (Å²) in [6.07, 6.45) is 5.45. The van der Waals surface area contributed by atoms with Gasteiger partial charge < -0.3 is 24.1 Å². The van der Waals surface area contributed by atoms with E-state index in [-0.39, 0.29) is 20.1 Å². The summed E-state index contributed by atoms with van der Waals surface area (Å²) >= 11 is 0. The van der Waals surface area contributed by atoms with Crippen LogP contribution in [0.5, 0.6) is 0 Å². The zero-order chi connectivity index (χ0) is 50.1.